The largest absolute Gasteiger partial charge is 0.462 e. The molecule has 8 nitrogen and oxygen atoms in total. The normalized spacial score (nSPS) is 46.2. The summed E-state index contributed by atoms with van der Waals surface area (Å²) in [6.45, 7) is 8.73. The maximum atomic E-state index is 12.9. The number of aliphatic hydroxyl groups excluding tert-OH is 1. The average molecular weight is 515 g/mol. The van der Waals surface area contributed by atoms with Crippen molar-refractivity contribution < 1.29 is 38.4 Å². The van der Waals surface area contributed by atoms with Crippen molar-refractivity contribution in [3.63, 3.8) is 0 Å². The molecule has 0 aromatic heterocycles. The molecule has 3 aliphatic heterocycles. The highest BCUT2D eigenvalue weighted by Crippen LogP contribution is 2.72. The minimum Gasteiger partial charge on any atom is -0.462 e. The SMILES string of the molecule is CC1=CC2OC3C[C@H]4OC(=O)/C=C\C=C\[C@@H]([C@@H](C)O)OCC/C(C)=C/C(=O)OC[C@@]2(CC1)[C@]4(C)C31CO1. The fraction of sp³-hybridized carbons (Fsp3) is 0.655. The number of hydrogen-bond donors (Lipinski definition) is 1. The lowest BCUT2D eigenvalue weighted by atomic mass is 9.51. The number of carbonyl (C=O) groups excluding carboxylic acids is 2. The van der Waals surface area contributed by atoms with E-state index in [1.807, 2.05) is 6.92 Å². The Kier molecular flexibility index (Phi) is 6.98. The molecule has 0 aromatic rings. The molecule has 2 saturated heterocycles. The zero-order chi connectivity index (χ0) is 26.4. The molecule has 0 aromatic carbocycles. The van der Waals surface area contributed by atoms with E-state index in [9.17, 15) is 14.7 Å². The number of aliphatic hydroxyl groups is 1. The van der Waals surface area contributed by atoms with Crippen LogP contribution in [0.5, 0.6) is 0 Å². The van der Waals surface area contributed by atoms with Crippen LogP contribution in [-0.4, -0.2) is 73.0 Å². The number of cyclic esters (lactones) is 1. The van der Waals surface area contributed by atoms with Crippen molar-refractivity contribution in [2.45, 2.75) is 89.5 Å². The van der Waals surface area contributed by atoms with Crippen molar-refractivity contribution in [2.24, 2.45) is 10.8 Å². The van der Waals surface area contributed by atoms with E-state index in [0.29, 0.717) is 26.1 Å². The molecule has 1 saturated carbocycles. The Hall–Kier alpha value is -2.26. The summed E-state index contributed by atoms with van der Waals surface area (Å²) in [7, 11) is 0. The van der Waals surface area contributed by atoms with Gasteiger partial charge in [-0.2, -0.15) is 0 Å². The molecule has 8 heteroatoms. The molecule has 5 aliphatic rings. The van der Waals surface area contributed by atoms with E-state index in [0.717, 1.165) is 18.4 Å². The van der Waals surface area contributed by atoms with Gasteiger partial charge in [0.2, 0.25) is 0 Å². The fourth-order valence-electron chi connectivity index (χ4n) is 6.85. The van der Waals surface area contributed by atoms with E-state index in [4.69, 9.17) is 23.7 Å². The second-order valence-corrected chi connectivity index (χ2v) is 11.4. The van der Waals surface area contributed by atoms with Gasteiger partial charge in [0, 0.05) is 24.0 Å². The van der Waals surface area contributed by atoms with E-state index >= 15 is 0 Å². The van der Waals surface area contributed by atoms with Gasteiger partial charge < -0.3 is 28.8 Å². The van der Waals surface area contributed by atoms with Crippen LogP contribution in [0.25, 0.3) is 0 Å². The Morgan fingerprint density at radius 1 is 1.05 bits per heavy atom. The molecule has 2 spiro atoms. The van der Waals surface area contributed by atoms with Gasteiger partial charge in [0.15, 0.2) is 0 Å². The summed E-state index contributed by atoms with van der Waals surface area (Å²) in [6, 6.07) is 0. The number of allylic oxidation sites excluding steroid dienone is 3. The van der Waals surface area contributed by atoms with Gasteiger partial charge in [-0.15, -0.1) is 0 Å². The third-order valence-electron chi connectivity index (χ3n) is 9.24. The highest BCUT2D eigenvalue weighted by molar-refractivity contribution is 5.83. The molecule has 3 fully saturated rings. The summed E-state index contributed by atoms with van der Waals surface area (Å²) in [5.41, 5.74) is 0.318. The summed E-state index contributed by atoms with van der Waals surface area (Å²) >= 11 is 0. The molecule has 37 heavy (non-hydrogen) atoms. The lowest BCUT2D eigenvalue weighted by Crippen LogP contribution is -2.66. The van der Waals surface area contributed by atoms with E-state index < -0.39 is 46.7 Å². The highest BCUT2D eigenvalue weighted by atomic mass is 16.6. The Bertz CT molecular complexity index is 1050. The molecule has 2 aliphatic carbocycles. The second-order valence-electron chi connectivity index (χ2n) is 11.4. The van der Waals surface area contributed by atoms with Crippen LogP contribution in [0.3, 0.4) is 0 Å². The van der Waals surface area contributed by atoms with Gasteiger partial charge in [-0.3, -0.25) is 0 Å². The number of hydrogen-bond acceptors (Lipinski definition) is 8. The molecule has 202 valence electrons. The third kappa shape index (κ3) is 4.42. The molecule has 2 bridgehead atoms. The van der Waals surface area contributed by atoms with E-state index in [1.165, 1.54) is 17.7 Å². The first-order valence-electron chi connectivity index (χ1n) is 13.3. The smallest absolute Gasteiger partial charge is 0.331 e. The van der Waals surface area contributed by atoms with Gasteiger partial charge in [-0.25, -0.2) is 9.59 Å². The first kappa shape index (κ1) is 26.4. The van der Waals surface area contributed by atoms with Crippen LogP contribution in [0.2, 0.25) is 0 Å². The van der Waals surface area contributed by atoms with Crippen molar-refractivity contribution in [1.29, 1.82) is 0 Å². The topological polar surface area (TPSA) is 104 Å². The lowest BCUT2D eigenvalue weighted by molar-refractivity contribution is -0.232. The zero-order valence-electron chi connectivity index (χ0n) is 22.1. The first-order valence-corrected chi connectivity index (χ1v) is 13.3. The molecule has 8 atom stereocenters. The summed E-state index contributed by atoms with van der Waals surface area (Å²) < 4.78 is 30.6. The summed E-state index contributed by atoms with van der Waals surface area (Å²) in [4.78, 5) is 25.9. The Balaban J connectivity index is 1.51. The molecule has 0 radical (unpaired) electrons. The molecule has 3 heterocycles. The number of esters is 2. The Morgan fingerprint density at radius 3 is 2.57 bits per heavy atom. The maximum Gasteiger partial charge on any atom is 0.331 e. The molecular weight excluding hydrogens is 476 g/mol. The number of rotatable bonds is 1. The van der Waals surface area contributed by atoms with Crippen molar-refractivity contribution in [1.82, 2.24) is 0 Å². The van der Waals surface area contributed by atoms with Crippen molar-refractivity contribution in [3.8, 4) is 0 Å². The lowest BCUT2D eigenvalue weighted by Gasteiger charge is -2.58. The Labute approximate surface area is 218 Å². The third-order valence-corrected chi connectivity index (χ3v) is 9.24. The monoisotopic (exact) mass is 514 g/mol. The van der Waals surface area contributed by atoms with Crippen molar-refractivity contribution >= 4 is 11.9 Å². The minimum atomic E-state index is -0.735. The van der Waals surface area contributed by atoms with Crippen LogP contribution >= 0.6 is 0 Å². The molecule has 0 amide bonds. The summed E-state index contributed by atoms with van der Waals surface area (Å²) in [6.07, 6.45) is 10.5. The van der Waals surface area contributed by atoms with Crippen molar-refractivity contribution in [3.05, 3.63) is 47.6 Å². The van der Waals surface area contributed by atoms with Crippen LogP contribution in [0.15, 0.2) is 47.6 Å². The van der Waals surface area contributed by atoms with Crippen molar-refractivity contribution in [2.75, 3.05) is 19.8 Å². The van der Waals surface area contributed by atoms with E-state index in [2.05, 4.69) is 19.9 Å². The molecule has 1 N–H and O–H groups in total. The van der Waals surface area contributed by atoms with Gasteiger partial charge in [0.05, 0.1) is 36.9 Å². The van der Waals surface area contributed by atoms with Crippen LogP contribution in [0.1, 0.15) is 53.4 Å². The van der Waals surface area contributed by atoms with E-state index in [1.54, 1.807) is 25.2 Å². The van der Waals surface area contributed by atoms with Crippen LogP contribution in [0.4, 0.5) is 0 Å². The van der Waals surface area contributed by atoms with Crippen LogP contribution in [-0.2, 0) is 33.3 Å². The van der Waals surface area contributed by atoms with Crippen LogP contribution in [0, 0.1) is 10.8 Å². The molecule has 3 unspecified atom stereocenters. The van der Waals surface area contributed by atoms with Crippen LogP contribution < -0.4 is 0 Å². The average Bonchev–Trinajstić information content (AvgIpc) is 3.61. The van der Waals surface area contributed by atoms with Gasteiger partial charge in [0.1, 0.15) is 24.4 Å². The van der Waals surface area contributed by atoms with Gasteiger partial charge in [-0.1, -0.05) is 42.4 Å². The summed E-state index contributed by atoms with van der Waals surface area (Å²) in [5, 5.41) is 10.0. The highest BCUT2D eigenvalue weighted by Gasteiger charge is 2.83. The summed E-state index contributed by atoms with van der Waals surface area (Å²) in [5.74, 6) is -0.879. The number of carbonyl (C=O) groups is 2. The number of ether oxygens (including phenoxy) is 5. The molecule has 5 rings (SSSR count). The van der Waals surface area contributed by atoms with Gasteiger partial charge >= 0.3 is 11.9 Å². The van der Waals surface area contributed by atoms with E-state index in [-0.39, 0.29) is 18.8 Å². The maximum absolute atomic E-state index is 12.9. The van der Waals surface area contributed by atoms with Gasteiger partial charge in [0.25, 0.3) is 0 Å². The quantitative estimate of drug-likeness (QED) is 0.323. The standard InChI is InChI=1S/C29H38O8/c1-18-9-11-28-16-34-26(32)14-19(2)10-12-33-21(20(3)30)7-5-6-8-25(31)37-22-15-24(36-23(28)13-18)29(17-35-29)27(22,28)4/h5-8,13-14,20-24,30H,9-12,15-17H2,1-4H3/b7-5+,8-6-,19-14+/t20-,21+,22-,23?,24?,27-,28-,29?/m1/s1. The van der Waals surface area contributed by atoms with Gasteiger partial charge in [-0.05, 0) is 40.0 Å². The zero-order valence-corrected chi connectivity index (χ0v) is 22.1. The predicted octanol–water partition coefficient (Wildman–Crippen LogP) is 3.34. The fourth-order valence-corrected chi connectivity index (χ4v) is 6.85. The number of epoxide rings is 1. The first-order chi connectivity index (χ1) is 17.6. The second kappa shape index (κ2) is 9.80. The minimum absolute atomic E-state index is 0.144. The predicted molar refractivity (Wildman–Crippen MR) is 134 cm³/mol. The Morgan fingerprint density at radius 2 is 1.84 bits per heavy atom. The molecular formula is C29H38O8.